The smallest absolute Gasteiger partial charge is 0.0795 e. The predicted molar refractivity (Wildman–Crippen MR) is 82.1 cm³/mol. The number of ether oxygens (including phenoxy) is 2. The van der Waals surface area contributed by atoms with Crippen LogP contribution in [0, 0.1) is 0 Å². The number of nitrogens with one attached hydrogen (secondary N) is 1. The van der Waals surface area contributed by atoms with Crippen molar-refractivity contribution in [2.75, 3.05) is 25.6 Å². The predicted octanol–water partition coefficient (Wildman–Crippen LogP) is 3.48. The quantitative estimate of drug-likeness (QED) is 0.757. The molecule has 20 heavy (non-hydrogen) atoms. The molecule has 0 amide bonds. The van der Waals surface area contributed by atoms with Gasteiger partial charge in [0, 0.05) is 18.2 Å². The zero-order valence-electron chi connectivity index (χ0n) is 11.8. The molecule has 108 valence electrons. The molecular weight excluding hydrogens is 272 g/mol. The Balaban J connectivity index is 1.89. The minimum Gasteiger partial charge on any atom is -0.382 e. The fourth-order valence-electron chi connectivity index (χ4n) is 1.84. The fraction of sp³-hybridized carbons (Fsp3) is 0.400. The van der Waals surface area contributed by atoms with Gasteiger partial charge in [0.1, 0.15) is 0 Å². The molecule has 0 aliphatic carbocycles. The largest absolute Gasteiger partial charge is 0.382 e. The van der Waals surface area contributed by atoms with Crippen molar-refractivity contribution in [2.45, 2.75) is 19.6 Å². The van der Waals surface area contributed by atoms with Crippen LogP contribution in [0.1, 0.15) is 24.2 Å². The van der Waals surface area contributed by atoms with Gasteiger partial charge in [0.25, 0.3) is 0 Å². The van der Waals surface area contributed by atoms with Crippen molar-refractivity contribution >= 4 is 17.0 Å². The van der Waals surface area contributed by atoms with Gasteiger partial charge in [0.05, 0.1) is 37.1 Å². The molecule has 0 saturated heterocycles. The van der Waals surface area contributed by atoms with Crippen molar-refractivity contribution in [3.05, 3.63) is 46.4 Å². The van der Waals surface area contributed by atoms with Gasteiger partial charge < -0.3 is 14.8 Å². The molecule has 1 heterocycles. The highest BCUT2D eigenvalue weighted by molar-refractivity contribution is 7.07. The van der Waals surface area contributed by atoms with Crippen LogP contribution >= 0.6 is 11.3 Å². The van der Waals surface area contributed by atoms with Crippen LogP contribution in [0.5, 0.6) is 0 Å². The normalized spacial score (nSPS) is 12.3. The first-order chi connectivity index (χ1) is 9.79. The molecule has 0 bridgehead atoms. The van der Waals surface area contributed by atoms with Crippen LogP contribution < -0.4 is 5.32 Å². The lowest BCUT2D eigenvalue weighted by Gasteiger charge is -2.14. The summed E-state index contributed by atoms with van der Waals surface area (Å²) in [7, 11) is 1.67. The molecule has 0 radical (unpaired) electrons. The number of rotatable bonds is 8. The van der Waals surface area contributed by atoms with Crippen LogP contribution in [-0.4, -0.2) is 25.3 Å². The second-order valence-corrected chi connectivity index (χ2v) is 5.24. The van der Waals surface area contributed by atoms with E-state index in [1.165, 1.54) is 0 Å². The van der Waals surface area contributed by atoms with E-state index in [9.17, 15) is 0 Å². The van der Waals surface area contributed by atoms with Crippen molar-refractivity contribution in [2.24, 2.45) is 0 Å². The maximum Gasteiger partial charge on any atom is 0.0795 e. The average molecular weight is 292 g/mol. The number of methoxy groups -OCH3 is 1. The van der Waals surface area contributed by atoms with Gasteiger partial charge in [-0.15, -0.1) is 11.3 Å². The molecule has 1 atom stereocenters. The highest BCUT2D eigenvalue weighted by atomic mass is 32.1. The Bertz CT molecular complexity index is 502. The maximum atomic E-state index is 5.53. The zero-order valence-corrected chi connectivity index (χ0v) is 12.7. The van der Waals surface area contributed by atoms with Crippen LogP contribution in [0.15, 0.2) is 35.2 Å². The number of anilines is 1. The van der Waals surface area contributed by atoms with E-state index < -0.39 is 0 Å². The lowest BCUT2D eigenvalue weighted by molar-refractivity contribution is 0.0617. The van der Waals surface area contributed by atoms with Crippen molar-refractivity contribution in [3.8, 4) is 0 Å². The molecule has 1 aromatic heterocycles. The summed E-state index contributed by atoms with van der Waals surface area (Å²) in [6, 6.07) is 8.46. The molecule has 2 aromatic rings. The van der Waals surface area contributed by atoms with Crippen molar-refractivity contribution in [1.82, 2.24) is 4.98 Å². The van der Waals surface area contributed by atoms with Gasteiger partial charge in [-0.3, -0.25) is 0 Å². The molecule has 1 unspecified atom stereocenters. The van der Waals surface area contributed by atoms with Gasteiger partial charge in [-0.25, -0.2) is 4.98 Å². The van der Waals surface area contributed by atoms with Crippen molar-refractivity contribution in [3.63, 3.8) is 0 Å². The van der Waals surface area contributed by atoms with Gasteiger partial charge >= 0.3 is 0 Å². The Morgan fingerprint density at radius 1 is 1.35 bits per heavy atom. The fourth-order valence-corrected chi connectivity index (χ4v) is 2.49. The van der Waals surface area contributed by atoms with E-state index in [1.54, 1.807) is 18.4 Å². The number of thiazole rings is 1. The molecule has 4 nitrogen and oxygen atoms in total. The Morgan fingerprint density at radius 3 is 3.00 bits per heavy atom. The average Bonchev–Trinajstić information content (AvgIpc) is 2.98. The number of aromatic nitrogens is 1. The number of nitrogens with zero attached hydrogens (tertiary/aromatic N) is 1. The van der Waals surface area contributed by atoms with Gasteiger partial charge in [0.2, 0.25) is 0 Å². The topological polar surface area (TPSA) is 43.4 Å². The van der Waals surface area contributed by atoms with Crippen LogP contribution in [0.2, 0.25) is 0 Å². The Morgan fingerprint density at radius 2 is 2.25 bits per heavy atom. The third-order valence-electron chi connectivity index (χ3n) is 2.91. The molecular formula is C15H20N2O2S. The molecule has 0 spiro atoms. The lowest BCUT2D eigenvalue weighted by atomic mass is 10.2. The third kappa shape index (κ3) is 4.59. The van der Waals surface area contributed by atoms with Gasteiger partial charge in [0.15, 0.2) is 0 Å². The lowest BCUT2D eigenvalue weighted by Crippen LogP contribution is -2.07. The van der Waals surface area contributed by atoms with Gasteiger partial charge in [-0.1, -0.05) is 12.1 Å². The van der Waals surface area contributed by atoms with E-state index in [1.807, 2.05) is 11.6 Å². The van der Waals surface area contributed by atoms with Crippen LogP contribution in [0.4, 0.5) is 5.69 Å². The van der Waals surface area contributed by atoms with Gasteiger partial charge in [-0.2, -0.15) is 0 Å². The molecule has 0 aliphatic rings. The van der Waals surface area contributed by atoms with Crippen LogP contribution in [0.3, 0.4) is 0 Å². The van der Waals surface area contributed by atoms with E-state index >= 15 is 0 Å². The SMILES string of the molecule is COCCOCc1cccc(NC(C)c2cscn2)c1. The second-order valence-electron chi connectivity index (χ2n) is 4.53. The summed E-state index contributed by atoms with van der Waals surface area (Å²) in [5, 5.41) is 5.52. The summed E-state index contributed by atoms with van der Waals surface area (Å²) < 4.78 is 10.5. The maximum absolute atomic E-state index is 5.53. The highest BCUT2D eigenvalue weighted by Crippen LogP contribution is 2.20. The van der Waals surface area contributed by atoms with E-state index in [0.717, 1.165) is 16.9 Å². The minimum absolute atomic E-state index is 0.200. The summed E-state index contributed by atoms with van der Waals surface area (Å²) in [6.07, 6.45) is 0. The van der Waals surface area contributed by atoms with Crippen LogP contribution in [-0.2, 0) is 16.1 Å². The summed E-state index contributed by atoms with van der Waals surface area (Å²) in [6.45, 7) is 3.95. The third-order valence-corrected chi connectivity index (χ3v) is 3.51. The molecule has 0 fully saturated rings. The molecule has 1 aromatic carbocycles. The molecule has 2 rings (SSSR count). The number of hydrogen-bond donors (Lipinski definition) is 1. The summed E-state index contributed by atoms with van der Waals surface area (Å²) in [5.41, 5.74) is 5.15. The molecule has 0 saturated carbocycles. The second kappa shape index (κ2) is 7.99. The first-order valence-electron chi connectivity index (χ1n) is 6.60. The van der Waals surface area contributed by atoms with E-state index in [-0.39, 0.29) is 6.04 Å². The van der Waals surface area contributed by atoms with E-state index in [0.29, 0.717) is 19.8 Å². The highest BCUT2D eigenvalue weighted by Gasteiger charge is 2.07. The van der Waals surface area contributed by atoms with Crippen molar-refractivity contribution < 1.29 is 9.47 Å². The standard InChI is InChI=1S/C15H20N2O2S/c1-12(15-10-20-11-16-15)17-14-5-3-4-13(8-14)9-19-7-6-18-2/h3-5,8,10-12,17H,6-7,9H2,1-2H3. The monoisotopic (exact) mass is 292 g/mol. The molecule has 1 N–H and O–H groups in total. The zero-order chi connectivity index (χ0) is 14.2. The molecule has 5 heteroatoms. The summed E-state index contributed by atoms with van der Waals surface area (Å²) in [4.78, 5) is 4.32. The van der Waals surface area contributed by atoms with Gasteiger partial charge in [-0.05, 0) is 24.6 Å². The van der Waals surface area contributed by atoms with Crippen LogP contribution in [0.25, 0.3) is 0 Å². The summed E-state index contributed by atoms with van der Waals surface area (Å²) in [5.74, 6) is 0. The first-order valence-corrected chi connectivity index (χ1v) is 7.54. The first kappa shape index (κ1) is 15.0. The Labute approximate surface area is 123 Å². The molecule has 0 aliphatic heterocycles. The number of benzene rings is 1. The summed E-state index contributed by atoms with van der Waals surface area (Å²) >= 11 is 1.61. The Kier molecular flexibility index (Phi) is 5.98. The van der Waals surface area contributed by atoms with E-state index in [4.69, 9.17) is 9.47 Å². The van der Waals surface area contributed by atoms with Crippen molar-refractivity contribution in [1.29, 1.82) is 0 Å². The van der Waals surface area contributed by atoms with E-state index in [2.05, 4.69) is 40.8 Å². The number of hydrogen-bond acceptors (Lipinski definition) is 5. The minimum atomic E-state index is 0.200. The Hall–Kier alpha value is -1.43.